The molecule has 1 rings (SSSR count). The summed E-state index contributed by atoms with van der Waals surface area (Å²) in [6.07, 6.45) is 3.29. The molecule has 2 nitrogen and oxygen atoms in total. The Morgan fingerprint density at radius 1 is 1.00 bits per heavy atom. The fraction of sp³-hybridized carbons (Fsp3) is 0.538. The number of hydrogen-bond acceptors (Lipinski definition) is 2. The van der Waals surface area contributed by atoms with Crippen LogP contribution in [0, 0.1) is 0 Å². The summed E-state index contributed by atoms with van der Waals surface area (Å²) < 4.78 is 5.58. The van der Waals surface area contributed by atoms with Crippen molar-refractivity contribution >= 4 is 34.8 Å². The van der Waals surface area contributed by atoms with Crippen molar-refractivity contribution in [3.05, 3.63) is 27.2 Å². The highest BCUT2D eigenvalue weighted by Gasteiger charge is 2.06. The van der Waals surface area contributed by atoms with Gasteiger partial charge in [-0.25, -0.2) is 0 Å². The van der Waals surface area contributed by atoms with E-state index in [1.807, 2.05) is 0 Å². The quantitative estimate of drug-likeness (QED) is 0.550. The highest BCUT2D eigenvalue weighted by atomic mass is 35.5. The topological polar surface area (TPSA) is 21.3 Å². The van der Waals surface area contributed by atoms with Gasteiger partial charge in [-0.2, -0.15) is 0 Å². The van der Waals surface area contributed by atoms with Gasteiger partial charge in [0, 0.05) is 6.07 Å². The SMILES string of the molecule is CCNCCCCCOc1cc(Cl)c(Cl)cc1Cl. The van der Waals surface area contributed by atoms with Crippen molar-refractivity contribution in [3.63, 3.8) is 0 Å². The Bertz CT molecular complexity index is 371. The van der Waals surface area contributed by atoms with E-state index in [9.17, 15) is 0 Å². The van der Waals surface area contributed by atoms with Gasteiger partial charge in [-0.05, 0) is 38.4 Å². The summed E-state index contributed by atoms with van der Waals surface area (Å²) in [5.74, 6) is 0.595. The molecule has 0 fully saturated rings. The van der Waals surface area contributed by atoms with Crippen LogP contribution in [0.3, 0.4) is 0 Å². The van der Waals surface area contributed by atoms with E-state index in [0.29, 0.717) is 27.4 Å². The van der Waals surface area contributed by atoms with Gasteiger partial charge in [-0.15, -0.1) is 0 Å². The maximum absolute atomic E-state index is 6.00. The van der Waals surface area contributed by atoms with Gasteiger partial charge >= 0.3 is 0 Å². The minimum Gasteiger partial charge on any atom is -0.492 e. The molecule has 0 bridgehead atoms. The predicted octanol–water partition coefficient (Wildman–Crippen LogP) is 4.81. The third-order valence-electron chi connectivity index (χ3n) is 2.48. The Labute approximate surface area is 124 Å². The van der Waals surface area contributed by atoms with Gasteiger partial charge in [0.15, 0.2) is 0 Å². The molecule has 0 amide bonds. The molecule has 1 aromatic carbocycles. The maximum Gasteiger partial charge on any atom is 0.139 e. The van der Waals surface area contributed by atoms with Crippen LogP contribution in [0.25, 0.3) is 0 Å². The number of halogens is 3. The fourth-order valence-corrected chi connectivity index (χ4v) is 2.09. The summed E-state index contributed by atoms with van der Waals surface area (Å²) in [5.41, 5.74) is 0. The lowest BCUT2D eigenvalue weighted by molar-refractivity contribution is 0.305. The Balaban J connectivity index is 2.25. The number of benzene rings is 1. The van der Waals surface area contributed by atoms with Gasteiger partial charge in [0.2, 0.25) is 0 Å². The number of hydrogen-bond donors (Lipinski definition) is 1. The van der Waals surface area contributed by atoms with Crippen LogP contribution in [0.4, 0.5) is 0 Å². The second-order valence-corrected chi connectivity index (χ2v) is 5.18. The van der Waals surface area contributed by atoms with Gasteiger partial charge in [0.1, 0.15) is 5.75 Å². The third-order valence-corrected chi connectivity index (χ3v) is 3.50. The normalized spacial score (nSPS) is 10.7. The zero-order valence-corrected chi connectivity index (χ0v) is 12.7. The molecule has 102 valence electrons. The van der Waals surface area contributed by atoms with E-state index in [0.717, 1.165) is 32.4 Å². The lowest BCUT2D eigenvalue weighted by Crippen LogP contribution is -2.14. The summed E-state index contributed by atoms with van der Waals surface area (Å²) in [6.45, 7) is 4.83. The summed E-state index contributed by atoms with van der Waals surface area (Å²) in [6, 6.07) is 3.26. The molecule has 0 saturated carbocycles. The summed E-state index contributed by atoms with van der Waals surface area (Å²) in [5, 5.41) is 4.69. The molecule has 0 unspecified atom stereocenters. The van der Waals surface area contributed by atoms with E-state index in [4.69, 9.17) is 39.5 Å². The lowest BCUT2D eigenvalue weighted by Gasteiger charge is -2.09. The van der Waals surface area contributed by atoms with Gasteiger partial charge < -0.3 is 10.1 Å². The standard InChI is InChI=1S/C13H18Cl3NO/c1-2-17-6-4-3-5-7-18-13-9-11(15)10(14)8-12(13)16/h8-9,17H,2-7H2,1H3. The summed E-state index contributed by atoms with van der Waals surface area (Å²) >= 11 is 17.7. The molecule has 1 N–H and O–H groups in total. The van der Waals surface area contributed by atoms with Crippen molar-refractivity contribution in [1.82, 2.24) is 5.32 Å². The molecular formula is C13H18Cl3NO. The van der Waals surface area contributed by atoms with Crippen molar-refractivity contribution in [2.75, 3.05) is 19.7 Å². The second kappa shape index (κ2) is 8.87. The van der Waals surface area contributed by atoms with Crippen LogP contribution in [0.15, 0.2) is 12.1 Å². The van der Waals surface area contributed by atoms with Crippen LogP contribution in [-0.2, 0) is 0 Å². The molecule has 0 aromatic heterocycles. The first kappa shape index (κ1) is 15.9. The Morgan fingerprint density at radius 3 is 2.44 bits per heavy atom. The van der Waals surface area contributed by atoms with E-state index in [1.54, 1.807) is 12.1 Å². The fourth-order valence-electron chi connectivity index (χ4n) is 1.50. The molecule has 0 heterocycles. The van der Waals surface area contributed by atoms with Crippen LogP contribution in [-0.4, -0.2) is 19.7 Å². The average molecular weight is 311 g/mol. The number of nitrogens with one attached hydrogen (secondary N) is 1. The van der Waals surface area contributed by atoms with E-state index >= 15 is 0 Å². The zero-order valence-electron chi connectivity index (χ0n) is 10.4. The van der Waals surface area contributed by atoms with Gasteiger partial charge in [0.25, 0.3) is 0 Å². The first-order valence-corrected chi connectivity index (χ1v) is 7.26. The van der Waals surface area contributed by atoms with E-state index < -0.39 is 0 Å². The van der Waals surface area contributed by atoms with Crippen molar-refractivity contribution in [1.29, 1.82) is 0 Å². The van der Waals surface area contributed by atoms with Crippen molar-refractivity contribution in [2.45, 2.75) is 26.2 Å². The van der Waals surface area contributed by atoms with Crippen LogP contribution in [0.2, 0.25) is 15.1 Å². The van der Waals surface area contributed by atoms with E-state index in [2.05, 4.69) is 12.2 Å². The van der Waals surface area contributed by atoms with Gasteiger partial charge in [0.05, 0.1) is 21.7 Å². The van der Waals surface area contributed by atoms with E-state index in [-0.39, 0.29) is 0 Å². The maximum atomic E-state index is 6.00. The third kappa shape index (κ3) is 5.66. The average Bonchev–Trinajstić information content (AvgIpc) is 2.34. The Morgan fingerprint density at radius 2 is 1.72 bits per heavy atom. The van der Waals surface area contributed by atoms with Gasteiger partial charge in [-0.1, -0.05) is 41.7 Å². The highest BCUT2D eigenvalue weighted by molar-refractivity contribution is 6.43. The Hall–Kier alpha value is -0.150. The smallest absolute Gasteiger partial charge is 0.139 e. The number of rotatable bonds is 8. The molecule has 0 atom stereocenters. The first-order chi connectivity index (χ1) is 8.65. The molecule has 18 heavy (non-hydrogen) atoms. The molecule has 0 aliphatic rings. The first-order valence-electron chi connectivity index (χ1n) is 6.13. The largest absolute Gasteiger partial charge is 0.492 e. The lowest BCUT2D eigenvalue weighted by atomic mass is 10.2. The van der Waals surface area contributed by atoms with Crippen LogP contribution in [0.5, 0.6) is 5.75 Å². The summed E-state index contributed by atoms with van der Waals surface area (Å²) in [7, 11) is 0. The van der Waals surface area contributed by atoms with Crippen molar-refractivity contribution in [3.8, 4) is 5.75 Å². The zero-order chi connectivity index (χ0) is 13.4. The highest BCUT2D eigenvalue weighted by Crippen LogP contribution is 2.33. The molecular weight excluding hydrogens is 293 g/mol. The molecule has 0 spiro atoms. The molecule has 0 saturated heterocycles. The second-order valence-electron chi connectivity index (χ2n) is 3.96. The molecule has 5 heteroatoms. The predicted molar refractivity (Wildman–Crippen MR) is 79.4 cm³/mol. The molecule has 0 aliphatic heterocycles. The van der Waals surface area contributed by atoms with Crippen LogP contribution in [0.1, 0.15) is 26.2 Å². The molecule has 0 aliphatic carbocycles. The Kier molecular flexibility index (Phi) is 7.84. The monoisotopic (exact) mass is 309 g/mol. The van der Waals surface area contributed by atoms with Crippen LogP contribution < -0.4 is 10.1 Å². The minimum atomic E-state index is 0.444. The van der Waals surface area contributed by atoms with Crippen LogP contribution >= 0.6 is 34.8 Å². The molecule has 0 radical (unpaired) electrons. The van der Waals surface area contributed by atoms with E-state index in [1.165, 1.54) is 0 Å². The van der Waals surface area contributed by atoms with Crippen molar-refractivity contribution < 1.29 is 4.74 Å². The number of unbranched alkanes of at least 4 members (excludes halogenated alkanes) is 2. The molecule has 1 aromatic rings. The van der Waals surface area contributed by atoms with Crippen molar-refractivity contribution in [2.24, 2.45) is 0 Å². The minimum absolute atomic E-state index is 0.444. The van der Waals surface area contributed by atoms with Gasteiger partial charge in [-0.3, -0.25) is 0 Å². The summed E-state index contributed by atoms with van der Waals surface area (Å²) in [4.78, 5) is 0. The number of ether oxygens (including phenoxy) is 1.